The highest BCUT2D eigenvalue weighted by molar-refractivity contribution is 6.33. The van der Waals surface area contributed by atoms with E-state index in [4.69, 9.17) is 16.3 Å². The fraction of sp³-hybridized carbons (Fsp3) is 0.381. The Kier molecular flexibility index (Phi) is 6.24. The number of carbonyl (C=O) groups is 1. The van der Waals surface area contributed by atoms with Gasteiger partial charge < -0.3 is 20.3 Å². The van der Waals surface area contributed by atoms with Gasteiger partial charge in [0, 0.05) is 25.1 Å². The third-order valence-corrected chi connectivity index (χ3v) is 5.73. The van der Waals surface area contributed by atoms with Gasteiger partial charge in [0.05, 0.1) is 36.0 Å². The van der Waals surface area contributed by atoms with Crippen LogP contribution in [0.25, 0.3) is 0 Å². The zero-order valence-electron chi connectivity index (χ0n) is 16.0. The first kappa shape index (κ1) is 19.5. The van der Waals surface area contributed by atoms with Crippen molar-refractivity contribution in [3.8, 4) is 5.75 Å². The average molecular weight is 389 g/mol. The molecule has 0 saturated carbocycles. The molecule has 1 saturated heterocycles. The van der Waals surface area contributed by atoms with Crippen LogP contribution in [-0.4, -0.2) is 38.7 Å². The molecule has 0 aliphatic carbocycles. The van der Waals surface area contributed by atoms with E-state index in [0.29, 0.717) is 22.4 Å². The third-order valence-electron chi connectivity index (χ3n) is 5.42. The molecule has 0 radical (unpaired) electrons. The lowest BCUT2D eigenvalue weighted by molar-refractivity contribution is -0.924. The van der Waals surface area contributed by atoms with Crippen LogP contribution in [0.15, 0.2) is 42.5 Å². The van der Waals surface area contributed by atoms with Gasteiger partial charge in [0.2, 0.25) is 0 Å². The second-order valence-corrected chi connectivity index (χ2v) is 7.42. The Morgan fingerprint density at radius 2 is 2.04 bits per heavy atom. The van der Waals surface area contributed by atoms with E-state index >= 15 is 0 Å². The fourth-order valence-electron chi connectivity index (χ4n) is 3.75. The summed E-state index contributed by atoms with van der Waals surface area (Å²) in [6.07, 6.45) is 0.958. The summed E-state index contributed by atoms with van der Waals surface area (Å²) >= 11 is 6.26. The number of carbonyl (C=O) groups excluding carboxylic acids is 1. The second-order valence-electron chi connectivity index (χ2n) is 7.01. The molecule has 6 heteroatoms. The molecule has 3 atom stereocenters. The molecular formula is C21H27ClN3O2+. The van der Waals surface area contributed by atoms with E-state index in [2.05, 4.69) is 41.8 Å². The highest BCUT2D eigenvalue weighted by Gasteiger charge is 2.36. The second kappa shape index (κ2) is 8.63. The Hall–Kier alpha value is -2.24. The molecule has 1 heterocycles. The summed E-state index contributed by atoms with van der Waals surface area (Å²) in [5.41, 5.74) is 2.52. The van der Waals surface area contributed by atoms with Crippen LogP contribution >= 0.6 is 11.6 Å². The average Bonchev–Trinajstić information content (AvgIpc) is 3.02. The van der Waals surface area contributed by atoms with Crippen LogP contribution < -0.4 is 20.3 Å². The summed E-state index contributed by atoms with van der Waals surface area (Å²) in [5.74, 6) is 0.370. The van der Waals surface area contributed by atoms with Gasteiger partial charge in [-0.15, -0.1) is 0 Å². The van der Waals surface area contributed by atoms with Crippen LogP contribution in [0.3, 0.4) is 0 Å². The van der Waals surface area contributed by atoms with Crippen LogP contribution in [0.4, 0.5) is 5.69 Å². The normalized spacial score (nSPS) is 21.7. The van der Waals surface area contributed by atoms with Gasteiger partial charge in [-0.05, 0) is 13.0 Å². The van der Waals surface area contributed by atoms with E-state index in [-0.39, 0.29) is 11.9 Å². The molecule has 3 unspecified atom stereocenters. The SMILES string of the molecule is CNc1cc(OC)c(C(=O)NC2CC[NH+](Cc3ccccc3)C2C)cc1Cl. The van der Waals surface area contributed by atoms with Gasteiger partial charge in [0.1, 0.15) is 18.3 Å². The van der Waals surface area contributed by atoms with Gasteiger partial charge in [-0.3, -0.25) is 4.79 Å². The van der Waals surface area contributed by atoms with Crippen LogP contribution in [0.5, 0.6) is 5.75 Å². The summed E-state index contributed by atoms with van der Waals surface area (Å²) in [5, 5.41) is 6.68. The minimum atomic E-state index is -0.144. The van der Waals surface area contributed by atoms with Crippen molar-refractivity contribution in [2.24, 2.45) is 0 Å². The summed E-state index contributed by atoms with van der Waals surface area (Å²) in [4.78, 5) is 14.4. The summed E-state index contributed by atoms with van der Waals surface area (Å²) < 4.78 is 5.39. The molecule has 1 fully saturated rings. The molecule has 144 valence electrons. The van der Waals surface area contributed by atoms with E-state index in [1.165, 1.54) is 10.5 Å². The molecule has 2 aromatic carbocycles. The molecule has 1 amide bonds. The van der Waals surface area contributed by atoms with Gasteiger partial charge in [0.15, 0.2) is 0 Å². The van der Waals surface area contributed by atoms with Crippen LogP contribution in [0.1, 0.15) is 29.3 Å². The Morgan fingerprint density at radius 1 is 1.30 bits per heavy atom. The van der Waals surface area contributed by atoms with Crippen LogP contribution in [-0.2, 0) is 6.54 Å². The van der Waals surface area contributed by atoms with Crippen molar-refractivity contribution in [3.05, 3.63) is 58.6 Å². The maximum atomic E-state index is 12.9. The number of hydrogen-bond donors (Lipinski definition) is 3. The van der Waals surface area contributed by atoms with E-state index in [1.54, 1.807) is 26.3 Å². The topological polar surface area (TPSA) is 54.8 Å². The van der Waals surface area contributed by atoms with Crippen molar-refractivity contribution in [1.82, 2.24) is 5.32 Å². The third kappa shape index (κ3) is 4.37. The number of amides is 1. The number of anilines is 1. The molecule has 27 heavy (non-hydrogen) atoms. The molecule has 0 spiro atoms. The first-order chi connectivity index (χ1) is 13.0. The number of hydrogen-bond acceptors (Lipinski definition) is 3. The van der Waals surface area contributed by atoms with E-state index < -0.39 is 0 Å². The minimum Gasteiger partial charge on any atom is -0.496 e. The number of benzene rings is 2. The van der Waals surface area contributed by atoms with Gasteiger partial charge >= 0.3 is 0 Å². The Morgan fingerprint density at radius 3 is 2.70 bits per heavy atom. The van der Waals surface area contributed by atoms with Crippen molar-refractivity contribution in [2.45, 2.75) is 32.0 Å². The van der Waals surface area contributed by atoms with Gasteiger partial charge in [0.25, 0.3) is 5.91 Å². The molecule has 1 aliphatic heterocycles. The highest BCUT2D eigenvalue weighted by atomic mass is 35.5. The maximum Gasteiger partial charge on any atom is 0.255 e. The number of nitrogens with one attached hydrogen (secondary N) is 3. The summed E-state index contributed by atoms with van der Waals surface area (Å²) in [7, 11) is 3.34. The first-order valence-electron chi connectivity index (χ1n) is 9.28. The van der Waals surface area contributed by atoms with Crippen LogP contribution in [0, 0.1) is 0 Å². The van der Waals surface area contributed by atoms with Gasteiger partial charge in [-0.2, -0.15) is 0 Å². The number of halogens is 1. The van der Waals surface area contributed by atoms with Crippen molar-refractivity contribution in [3.63, 3.8) is 0 Å². The Labute approximate surface area is 165 Å². The van der Waals surface area contributed by atoms with Crippen LogP contribution in [0.2, 0.25) is 5.02 Å². The molecule has 5 nitrogen and oxygen atoms in total. The van der Waals surface area contributed by atoms with E-state index in [0.717, 1.165) is 25.2 Å². The molecule has 2 aromatic rings. The first-order valence-corrected chi connectivity index (χ1v) is 9.66. The number of likely N-dealkylation sites (tertiary alicyclic amines) is 1. The zero-order chi connectivity index (χ0) is 19.4. The molecule has 1 aliphatic rings. The van der Waals surface area contributed by atoms with Crippen molar-refractivity contribution in [1.29, 1.82) is 0 Å². The minimum absolute atomic E-state index is 0.128. The van der Waals surface area contributed by atoms with Crippen molar-refractivity contribution < 1.29 is 14.4 Å². The smallest absolute Gasteiger partial charge is 0.255 e. The Bertz CT molecular complexity index is 798. The lowest BCUT2D eigenvalue weighted by Crippen LogP contribution is -3.12. The molecule has 3 rings (SSSR count). The molecule has 3 N–H and O–H groups in total. The standard InChI is InChI=1S/C21H26ClN3O2/c1-14-18(9-10-25(14)13-15-7-5-4-6-8-15)24-21(26)16-11-17(22)19(23-2)12-20(16)27-3/h4-8,11-12,14,18,23H,9-10,13H2,1-3H3,(H,24,26)/p+1. The number of rotatable bonds is 6. The summed E-state index contributed by atoms with van der Waals surface area (Å²) in [6, 6.07) is 14.4. The molecular weight excluding hydrogens is 362 g/mol. The van der Waals surface area contributed by atoms with E-state index in [1.807, 2.05) is 6.07 Å². The Balaban J connectivity index is 1.69. The van der Waals surface area contributed by atoms with E-state index in [9.17, 15) is 4.79 Å². The summed E-state index contributed by atoms with van der Waals surface area (Å²) in [6.45, 7) is 4.21. The highest BCUT2D eigenvalue weighted by Crippen LogP contribution is 2.30. The predicted molar refractivity (Wildman–Crippen MR) is 109 cm³/mol. The fourth-order valence-corrected chi connectivity index (χ4v) is 4.00. The predicted octanol–water partition coefficient (Wildman–Crippen LogP) is 2.37. The van der Waals surface area contributed by atoms with Crippen molar-refractivity contribution in [2.75, 3.05) is 26.0 Å². The van der Waals surface area contributed by atoms with Gasteiger partial charge in [-0.25, -0.2) is 0 Å². The number of methoxy groups -OCH3 is 1. The van der Waals surface area contributed by atoms with Gasteiger partial charge in [-0.1, -0.05) is 41.9 Å². The maximum absolute atomic E-state index is 12.9. The number of ether oxygens (including phenoxy) is 1. The lowest BCUT2D eigenvalue weighted by Gasteiger charge is -2.22. The zero-order valence-corrected chi connectivity index (χ0v) is 16.8. The molecule has 0 bridgehead atoms. The molecule has 0 aromatic heterocycles. The number of quaternary nitrogens is 1. The largest absolute Gasteiger partial charge is 0.496 e. The van der Waals surface area contributed by atoms with Crippen molar-refractivity contribution >= 4 is 23.2 Å². The lowest BCUT2D eigenvalue weighted by atomic mass is 10.1. The quantitative estimate of drug-likeness (QED) is 0.712. The monoisotopic (exact) mass is 388 g/mol.